The van der Waals surface area contributed by atoms with E-state index in [1.807, 2.05) is 13.8 Å². The highest BCUT2D eigenvalue weighted by Gasteiger charge is 2.15. The number of sulfonamides is 1. The zero-order valence-electron chi connectivity index (χ0n) is 7.91. The predicted molar refractivity (Wildman–Crippen MR) is 58.5 cm³/mol. The summed E-state index contributed by atoms with van der Waals surface area (Å²) >= 11 is 3.16. The van der Waals surface area contributed by atoms with E-state index in [0.717, 1.165) is 0 Å². The van der Waals surface area contributed by atoms with Crippen LogP contribution in [0.15, 0.2) is 10.7 Å². The van der Waals surface area contributed by atoms with Gasteiger partial charge in [0.1, 0.15) is 5.82 Å². The summed E-state index contributed by atoms with van der Waals surface area (Å²) in [4.78, 5) is 0. The lowest BCUT2D eigenvalue weighted by Gasteiger charge is -2.08. The van der Waals surface area contributed by atoms with Gasteiger partial charge in [-0.3, -0.25) is 9.82 Å². The lowest BCUT2D eigenvalue weighted by Crippen LogP contribution is -2.20. The first kappa shape index (κ1) is 11.5. The Balaban J connectivity index is 2.74. The van der Waals surface area contributed by atoms with Gasteiger partial charge >= 0.3 is 0 Å². The molecule has 0 aliphatic rings. The van der Waals surface area contributed by atoms with Crippen molar-refractivity contribution in [3.63, 3.8) is 0 Å². The Morgan fingerprint density at radius 2 is 2.29 bits per heavy atom. The van der Waals surface area contributed by atoms with Gasteiger partial charge in [-0.2, -0.15) is 5.10 Å². The van der Waals surface area contributed by atoms with Gasteiger partial charge in [-0.25, -0.2) is 8.42 Å². The van der Waals surface area contributed by atoms with Crippen LogP contribution in [0.3, 0.4) is 0 Å². The third kappa shape index (κ3) is 3.30. The minimum absolute atomic E-state index is 0.0918. The maximum absolute atomic E-state index is 11.5. The van der Waals surface area contributed by atoms with Crippen molar-refractivity contribution in [1.29, 1.82) is 0 Å². The highest BCUT2D eigenvalue weighted by atomic mass is 79.9. The Hall–Kier alpha value is -0.560. The average Bonchev–Trinajstić information content (AvgIpc) is 2.32. The van der Waals surface area contributed by atoms with E-state index in [1.54, 1.807) is 0 Å². The second kappa shape index (κ2) is 4.31. The quantitative estimate of drug-likeness (QED) is 0.880. The SMILES string of the molecule is CC(C)CS(=O)(=O)Nc1[nH]ncc1Br. The summed E-state index contributed by atoms with van der Waals surface area (Å²) in [5.74, 6) is 0.554. The normalized spacial score (nSPS) is 12.0. The molecule has 80 valence electrons. The second-order valence-electron chi connectivity index (χ2n) is 3.37. The van der Waals surface area contributed by atoms with E-state index in [-0.39, 0.29) is 11.7 Å². The van der Waals surface area contributed by atoms with E-state index < -0.39 is 10.0 Å². The molecule has 0 amide bonds. The number of hydrogen-bond acceptors (Lipinski definition) is 3. The zero-order valence-corrected chi connectivity index (χ0v) is 10.3. The summed E-state index contributed by atoms with van der Waals surface area (Å²) in [7, 11) is -3.28. The summed E-state index contributed by atoms with van der Waals surface area (Å²) in [5, 5.41) is 6.23. The summed E-state index contributed by atoms with van der Waals surface area (Å²) < 4.78 is 26.0. The first-order valence-corrected chi connectivity index (χ1v) is 6.54. The standard InChI is InChI=1S/C7H12BrN3O2S/c1-5(2)4-14(12,13)11-7-6(8)3-9-10-7/h3,5H,4H2,1-2H3,(H2,9,10,11). The van der Waals surface area contributed by atoms with E-state index >= 15 is 0 Å². The molecule has 7 heteroatoms. The number of rotatable bonds is 4. The molecule has 2 N–H and O–H groups in total. The van der Waals surface area contributed by atoms with Crippen LogP contribution in [0.2, 0.25) is 0 Å². The molecule has 0 aromatic carbocycles. The van der Waals surface area contributed by atoms with E-state index in [0.29, 0.717) is 10.3 Å². The van der Waals surface area contributed by atoms with Crippen LogP contribution in [0, 0.1) is 5.92 Å². The highest BCUT2D eigenvalue weighted by Crippen LogP contribution is 2.19. The third-order valence-corrected chi connectivity index (χ3v) is 3.63. The van der Waals surface area contributed by atoms with Gasteiger partial charge in [-0.05, 0) is 21.8 Å². The van der Waals surface area contributed by atoms with Gasteiger partial charge in [0.05, 0.1) is 16.4 Å². The predicted octanol–water partition coefficient (Wildman–Crippen LogP) is 1.57. The maximum Gasteiger partial charge on any atom is 0.234 e. The molecule has 14 heavy (non-hydrogen) atoms. The first-order valence-electron chi connectivity index (χ1n) is 4.10. The molecule has 0 aliphatic heterocycles. The monoisotopic (exact) mass is 281 g/mol. The molecule has 0 radical (unpaired) electrons. The lowest BCUT2D eigenvalue weighted by atomic mass is 10.3. The van der Waals surface area contributed by atoms with E-state index in [1.165, 1.54) is 6.20 Å². The molecule has 0 aliphatic carbocycles. The van der Waals surface area contributed by atoms with Crippen LogP contribution < -0.4 is 4.72 Å². The fourth-order valence-corrected chi connectivity index (χ4v) is 2.83. The molecular weight excluding hydrogens is 270 g/mol. The van der Waals surface area contributed by atoms with Gasteiger partial charge in [0.15, 0.2) is 0 Å². The molecule has 1 aromatic heterocycles. The summed E-state index contributed by atoms with van der Waals surface area (Å²) in [6.07, 6.45) is 1.49. The van der Waals surface area contributed by atoms with Gasteiger partial charge in [-0.15, -0.1) is 0 Å². The largest absolute Gasteiger partial charge is 0.267 e. The van der Waals surface area contributed by atoms with Crippen molar-refractivity contribution in [1.82, 2.24) is 10.2 Å². The Kier molecular flexibility index (Phi) is 3.54. The van der Waals surface area contributed by atoms with Gasteiger partial charge < -0.3 is 0 Å². The Bertz CT molecular complexity index is 399. The van der Waals surface area contributed by atoms with Crippen LogP contribution in [-0.4, -0.2) is 24.4 Å². The molecule has 0 spiro atoms. The number of hydrogen-bond donors (Lipinski definition) is 2. The Morgan fingerprint density at radius 3 is 2.71 bits per heavy atom. The molecular formula is C7H12BrN3O2S. The van der Waals surface area contributed by atoms with Crippen molar-refractivity contribution in [2.75, 3.05) is 10.5 Å². The molecule has 0 saturated carbocycles. The van der Waals surface area contributed by atoms with Crippen LogP contribution in [0.5, 0.6) is 0 Å². The van der Waals surface area contributed by atoms with Crippen LogP contribution >= 0.6 is 15.9 Å². The number of anilines is 1. The Morgan fingerprint density at radius 1 is 1.64 bits per heavy atom. The summed E-state index contributed by atoms with van der Waals surface area (Å²) in [6.45, 7) is 3.70. The number of halogens is 1. The van der Waals surface area contributed by atoms with Crippen LogP contribution in [0.1, 0.15) is 13.8 Å². The molecule has 0 unspecified atom stereocenters. The first-order chi connectivity index (χ1) is 6.41. The molecule has 1 heterocycles. The fourth-order valence-electron chi connectivity index (χ4n) is 0.979. The molecule has 1 aromatic rings. The van der Waals surface area contributed by atoms with E-state index in [9.17, 15) is 8.42 Å². The van der Waals surface area contributed by atoms with Crippen LogP contribution in [-0.2, 0) is 10.0 Å². The van der Waals surface area contributed by atoms with Gasteiger partial charge in [0, 0.05) is 0 Å². The number of aromatic nitrogens is 2. The van der Waals surface area contributed by atoms with E-state index in [4.69, 9.17) is 0 Å². The molecule has 0 saturated heterocycles. The minimum atomic E-state index is -3.28. The number of H-pyrrole nitrogens is 1. The topological polar surface area (TPSA) is 74.8 Å². The maximum atomic E-state index is 11.5. The zero-order chi connectivity index (χ0) is 10.8. The van der Waals surface area contributed by atoms with Crippen molar-refractivity contribution < 1.29 is 8.42 Å². The van der Waals surface area contributed by atoms with Crippen molar-refractivity contribution in [3.8, 4) is 0 Å². The fraction of sp³-hybridized carbons (Fsp3) is 0.571. The highest BCUT2D eigenvalue weighted by molar-refractivity contribution is 9.10. The van der Waals surface area contributed by atoms with Crippen molar-refractivity contribution in [2.24, 2.45) is 5.92 Å². The molecule has 0 fully saturated rings. The summed E-state index contributed by atoms with van der Waals surface area (Å²) in [5.41, 5.74) is 0. The third-order valence-electron chi connectivity index (χ3n) is 1.40. The van der Waals surface area contributed by atoms with E-state index in [2.05, 4.69) is 30.8 Å². The van der Waals surface area contributed by atoms with Gasteiger partial charge in [0.25, 0.3) is 0 Å². The van der Waals surface area contributed by atoms with Crippen molar-refractivity contribution in [3.05, 3.63) is 10.7 Å². The Labute approximate surface area is 91.5 Å². The average molecular weight is 282 g/mol. The molecule has 0 bridgehead atoms. The van der Waals surface area contributed by atoms with Crippen molar-refractivity contribution >= 4 is 31.8 Å². The van der Waals surface area contributed by atoms with Crippen LogP contribution in [0.25, 0.3) is 0 Å². The lowest BCUT2D eigenvalue weighted by molar-refractivity contribution is 0.587. The van der Waals surface area contributed by atoms with Crippen molar-refractivity contribution in [2.45, 2.75) is 13.8 Å². The molecule has 1 rings (SSSR count). The molecule has 0 atom stereocenters. The van der Waals surface area contributed by atoms with Crippen LogP contribution in [0.4, 0.5) is 5.82 Å². The summed E-state index contributed by atoms with van der Waals surface area (Å²) in [6, 6.07) is 0. The number of aromatic amines is 1. The van der Waals surface area contributed by atoms with Gasteiger partial charge in [0.2, 0.25) is 10.0 Å². The minimum Gasteiger partial charge on any atom is -0.267 e. The molecule has 5 nitrogen and oxygen atoms in total. The smallest absolute Gasteiger partial charge is 0.234 e. The number of nitrogens with one attached hydrogen (secondary N) is 2. The second-order valence-corrected chi connectivity index (χ2v) is 5.99. The number of nitrogens with zero attached hydrogens (tertiary/aromatic N) is 1. The van der Waals surface area contributed by atoms with Gasteiger partial charge in [-0.1, -0.05) is 13.8 Å².